The highest BCUT2D eigenvalue weighted by Crippen LogP contribution is 2.24. The molecule has 0 saturated heterocycles. The first-order chi connectivity index (χ1) is 9.57. The lowest BCUT2D eigenvalue weighted by atomic mass is 9.81. The maximum atomic E-state index is 12.2. The highest BCUT2D eigenvalue weighted by atomic mass is 35.5. The Balaban J connectivity index is 0.00000400. The number of carbonyl (C=O) groups is 1. The summed E-state index contributed by atoms with van der Waals surface area (Å²) in [5.41, 5.74) is 6.50. The van der Waals surface area contributed by atoms with Crippen LogP contribution >= 0.6 is 12.4 Å². The molecule has 4 nitrogen and oxygen atoms in total. The summed E-state index contributed by atoms with van der Waals surface area (Å²) in [6, 6.07) is 7.86. The van der Waals surface area contributed by atoms with Gasteiger partial charge in [-0.25, -0.2) is 0 Å². The third kappa shape index (κ3) is 5.56. The second-order valence-corrected chi connectivity index (χ2v) is 5.11. The molecule has 0 aliphatic carbocycles. The van der Waals surface area contributed by atoms with Gasteiger partial charge in [0.05, 0.1) is 12.0 Å². The van der Waals surface area contributed by atoms with Crippen molar-refractivity contribution in [1.82, 2.24) is 5.32 Å². The van der Waals surface area contributed by atoms with Crippen LogP contribution < -0.4 is 15.8 Å². The Labute approximate surface area is 133 Å². The number of ether oxygens (including phenoxy) is 1. The Morgan fingerprint density at radius 3 is 2.29 bits per heavy atom. The molecule has 1 aromatic carbocycles. The zero-order valence-corrected chi connectivity index (χ0v) is 14.0. The van der Waals surface area contributed by atoms with Crippen LogP contribution in [0.4, 0.5) is 0 Å². The smallest absolute Gasteiger partial charge is 0.227 e. The zero-order chi connectivity index (χ0) is 15.0. The molecule has 0 fully saturated rings. The normalized spacial score (nSPS) is 10.7. The van der Waals surface area contributed by atoms with Crippen LogP contribution in [0.1, 0.15) is 32.3 Å². The summed E-state index contributed by atoms with van der Waals surface area (Å²) in [4.78, 5) is 12.2. The monoisotopic (exact) mass is 314 g/mol. The third-order valence-electron chi connectivity index (χ3n) is 3.90. The average Bonchev–Trinajstić information content (AvgIpc) is 2.48. The fraction of sp³-hybridized carbons (Fsp3) is 0.562. The summed E-state index contributed by atoms with van der Waals surface area (Å²) in [6.45, 7) is 7.37. The minimum absolute atomic E-state index is 0. The van der Waals surface area contributed by atoms with Gasteiger partial charge in [-0.2, -0.15) is 0 Å². The molecule has 21 heavy (non-hydrogen) atoms. The van der Waals surface area contributed by atoms with E-state index >= 15 is 0 Å². The Morgan fingerprint density at radius 1 is 1.24 bits per heavy atom. The van der Waals surface area contributed by atoms with Crippen molar-refractivity contribution in [2.45, 2.75) is 33.6 Å². The van der Waals surface area contributed by atoms with E-state index in [1.165, 1.54) is 5.56 Å². The quantitative estimate of drug-likeness (QED) is 0.725. The fourth-order valence-corrected chi connectivity index (χ4v) is 2.11. The minimum atomic E-state index is -0.441. The lowest BCUT2D eigenvalue weighted by Gasteiger charge is -2.28. The molecule has 120 valence electrons. The first kappa shape index (κ1) is 19.7. The Morgan fingerprint density at radius 2 is 1.81 bits per heavy atom. The topological polar surface area (TPSA) is 64.4 Å². The van der Waals surface area contributed by atoms with Crippen molar-refractivity contribution in [2.75, 3.05) is 19.7 Å². The van der Waals surface area contributed by atoms with E-state index in [2.05, 4.69) is 5.32 Å². The Hall–Kier alpha value is -1.26. The average molecular weight is 315 g/mol. The van der Waals surface area contributed by atoms with Crippen molar-refractivity contribution in [1.29, 1.82) is 0 Å². The summed E-state index contributed by atoms with van der Waals surface area (Å²) in [5.74, 6) is 0.846. The molecule has 0 saturated carbocycles. The number of rotatable bonds is 8. The molecule has 3 N–H and O–H groups in total. The molecular formula is C16H27ClN2O2. The van der Waals surface area contributed by atoms with Crippen molar-refractivity contribution < 1.29 is 9.53 Å². The van der Waals surface area contributed by atoms with Gasteiger partial charge in [-0.1, -0.05) is 31.5 Å². The lowest BCUT2D eigenvalue weighted by Crippen LogP contribution is -2.46. The predicted molar refractivity (Wildman–Crippen MR) is 89.0 cm³/mol. The number of benzene rings is 1. The maximum Gasteiger partial charge on any atom is 0.227 e. The molecule has 0 aromatic heterocycles. The number of hydrogen-bond acceptors (Lipinski definition) is 3. The van der Waals surface area contributed by atoms with Crippen LogP contribution in [-0.2, 0) is 4.79 Å². The van der Waals surface area contributed by atoms with Crippen LogP contribution in [0.3, 0.4) is 0 Å². The highest BCUT2D eigenvalue weighted by molar-refractivity contribution is 5.85. The highest BCUT2D eigenvalue weighted by Gasteiger charge is 2.32. The number of aryl methyl sites for hydroxylation is 1. The number of amides is 1. The van der Waals surface area contributed by atoms with Gasteiger partial charge in [0.15, 0.2) is 0 Å². The number of halogens is 1. The molecule has 0 unspecified atom stereocenters. The van der Waals surface area contributed by atoms with Crippen LogP contribution in [0.15, 0.2) is 24.3 Å². The van der Waals surface area contributed by atoms with E-state index in [-0.39, 0.29) is 18.3 Å². The van der Waals surface area contributed by atoms with Gasteiger partial charge in [0.1, 0.15) is 12.4 Å². The Bertz CT molecular complexity index is 409. The summed E-state index contributed by atoms with van der Waals surface area (Å²) >= 11 is 0. The number of hydrogen-bond donors (Lipinski definition) is 2. The first-order valence-corrected chi connectivity index (χ1v) is 7.25. The molecule has 0 spiro atoms. The molecular weight excluding hydrogens is 288 g/mol. The maximum absolute atomic E-state index is 12.2. The summed E-state index contributed by atoms with van der Waals surface area (Å²) < 4.78 is 5.58. The van der Waals surface area contributed by atoms with Gasteiger partial charge in [-0.3, -0.25) is 4.79 Å². The van der Waals surface area contributed by atoms with Gasteiger partial charge in [-0.15, -0.1) is 12.4 Å². The van der Waals surface area contributed by atoms with Crippen molar-refractivity contribution in [2.24, 2.45) is 11.1 Å². The molecule has 5 heteroatoms. The molecule has 0 heterocycles. The summed E-state index contributed by atoms with van der Waals surface area (Å²) in [5, 5.41) is 2.91. The van der Waals surface area contributed by atoms with Crippen LogP contribution in [-0.4, -0.2) is 25.6 Å². The van der Waals surface area contributed by atoms with Crippen molar-refractivity contribution >= 4 is 18.3 Å². The van der Waals surface area contributed by atoms with Gasteiger partial charge in [0, 0.05) is 6.54 Å². The molecule has 1 aromatic rings. The van der Waals surface area contributed by atoms with Gasteiger partial charge >= 0.3 is 0 Å². The number of nitrogens with two attached hydrogens (primary N) is 1. The molecule has 0 atom stereocenters. The third-order valence-corrected chi connectivity index (χ3v) is 3.90. The lowest BCUT2D eigenvalue weighted by molar-refractivity contribution is -0.131. The van der Waals surface area contributed by atoms with Gasteiger partial charge < -0.3 is 15.8 Å². The van der Waals surface area contributed by atoms with E-state index in [9.17, 15) is 4.79 Å². The van der Waals surface area contributed by atoms with E-state index in [1.807, 2.05) is 45.0 Å². The largest absolute Gasteiger partial charge is 0.492 e. The van der Waals surface area contributed by atoms with Gasteiger partial charge in [0.2, 0.25) is 5.91 Å². The van der Waals surface area contributed by atoms with E-state index < -0.39 is 5.41 Å². The van der Waals surface area contributed by atoms with E-state index in [0.717, 1.165) is 18.6 Å². The van der Waals surface area contributed by atoms with Crippen LogP contribution in [0.2, 0.25) is 0 Å². The van der Waals surface area contributed by atoms with E-state index in [4.69, 9.17) is 10.5 Å². The zero-order valence-electron chi connectivity index (χ0n) is 13.1. The van der Waals surface area contributed by atoms with Crippen LogP contribution in [0, 0.1) is 12.3 Å². The molecule has 0 aliphatic heterocycles. The summed E-state index contributed by atoms with van der Waals surface area (Å²) in [6.07, 6.45) is 1.51. The molecule has 1 amide bonds. The van der Waals surface area contributed by atoms with Crippen molar-refractivity contribution in [3.05, 3.63) is 29.8 Å². The van der Waals surface area contributed by atoms with Crippen molar-refractivity contribution in [3.63, 3.8) is 0 Å². The van der Waals surface area contributed by atoms with Crippen LogP contribution in [0.5, 0.6) is 5.75 Å². The number of carbonyl (C=O) groups excluding carboxylic acids is 1. The molecule has 1 rings (SSSR count). The fourth-order valence-electron chi connectivity index (χ4n) is 2.11. The van der Waals surface area contributed by atoms with Gasteiger partial charge in [-0.05, 0) is 31.9 Å². The SMILES string of the molecule is CCC(CC)(CN)C(=O)NCCOc1ccc(C)cc1.Cl. The second-order valence-electron chi connectivity index (χ2n) is 5.11. The van der Waals surface area contributed by atoms with Gasteiger partial charge in [0.25, 0.3) is 0 Å². The minimum Gasteiger partial charge on any atom is -0.492 e. The predicted octanol–water partition coefficient (Wildman–Crippen LogP) is 2.68. The van der Waals surface area contributed by atoms with Crippen LogP contribution in [0.25, 0.3) is 0 Å². The molecule has 0 bridgehead atoms. The summed E-state index contributed by atoms with van der Waals surface area (Å²) in [7, 11) is 0. The molecule has 0 radical (unpaired) electrons. The standard InChI is InChI=1S/C16H26N2O2.ClH/c1-4-16(5-2,12-17)15(19)18-10-11-20-14-8-6-13(3)7-9-14;/h6-9H,4-5,10-12,17H2,1-3H3,(H,18,19);1H. The van der Waals surface area contributed by atoms with E-state index in [1.54, 1.807) is 0 Å². The van der Waals surface area contributed by atoms with E-state index in [0.29, 0.717) is 19.7 Å². The van der Waals surface area contributed by atoms with Crippen molar-refractivity contribution in [3.8, 4) is 5.75 Å². The second kappa shape index (κ2) is 9.64. The first-order valence-electron chi connectivity index (χ1n) is 7.25. The molecule has 0 aliphatic rings. The number of nitrogens with one attached hydrogen (secondary N) is 1. The Kier molecular flexibility index (Phi) is 9.06.